The normalized spacial score (nSPS) is 21.2. The van der Waals surface area contributed by atoms with Crippen molar-refractivity contribution in [3.8, 4) is 0 Å². The number of carbonyl (C=O) groups is 1. The number of anilines is 1. The van der Waals surface area contributed by atoms with Crippen LogP contribution in [-0.2, 0) is 4.79 Å². The molecule has 1 atom stereocenters. The van der Waals surface area contributed by atoms with Gasteiger partial charge in [-0.2, -0.15) is 0 Å². The summed E-state index contributed by atoms with van der Waals surface area (Å²) in [5.41, 5.74) is 2.04. The quantitative estimate of drug-likeness (QED) is 0.753. The highest BCUT2D eigenvalue weighted by molar-refractivity contribution is 5.98. The van der Waals surface area contributed by atoms with Gasteiger partial charge in [-0.15, -0.1) is 0 Å². The van der Waals surface area contributed by atoms with Gasteiger partial charge in [0, 0.05) is 18.8 Å². The Bertz CT molecular complexity index is 392. The Morgan fingerprint density at radius 3 is 3.06 bits per heavy atom. The van der Waals surface area contributed by atoms with Gasteiger partial charge in [-0.25, -0.2) is 0 Å². The molecule has 1 aromatic rings. The molecule has 1 amide bonds. The zero-order valence-electron chi connectivity index (χ0n) is 9.31. The van der Waals surface area contributed by atoms with Crippen molar-refractivity contribution in [3.05, 3.63) is 29.8 Å². The number of nitrogens with zero attached hydrogens (tertiary/aromatic N) is 1. The number of amides is 1. The molecule has 4 heteroatoms. The zero-order valence-corrected chi connectivity index (χ0v) is 9.31. The van der Waals surface area contributed by atoms with Gasteiger partial charge < -0.3 is 15.3 Å². The highest BCUT2D eigenvalue weighted by Gasteiger charge is 2.28. The molecular formula is C12H16N2O2. The van der Waals surface area contributed by atoms with Crippen molar-refractivity contribution in [2.45, 2.75) is 13.0 Å². The molecule has 2 N–H and O–H groups in total. The number of aliphatic hydroxyl groups excluding tert-OH is 1. The number of hydrogen-bond donors (Lipinski definition) is 2. The van der Waals surface area contributed by atoms with Gasteiger partial charge in [-0.05, 0) is 24.6 Å². The fraction of sp³-hybridized carbons (Fsp3) is 0.417. The lowest BCUT2D eigenvalue weighted by atomic mass is 10.1. The second-order valence-corrected chi connectivity index (χ2v) is 4.02. The van der Waals surface area contributed by atoms with Crippen LogP contribution in [0, 0.1) is 6.92 Å². The lowest BCUT2D eigenvalue weighted by Crippen LogP contribution is -2.56. The molecule has 16 heavy (non-hydrogen) atoms. The molecule has 0 aliphatic carbocycles. The monoisotopic (exact) mass is 220 g/mol. The molecule has 1 saturated heterocycles. The average Bonchev–Trinajstić information content (AvgIpc) is 2.29. The maximum atomic E-state index is 12.0. The predicted molar refractivity (Wildman–Crippen MR) is 62.4 cm³/mol. The molecule has 1 unspecified atom stereocenters. The fourth-order valence-electron chi connectivity index (χ4n) is 1.93. The van der Waals surface area contributed by atoms with Gasteiger partial charge in [0.05, 0.1) is 6.61 Å². The van der Waals surface area contributed by atoms with Gasteiger partial charge in [0.1, 0.15) is 6.04 Å². The van der Waals surface area contributed by atoms with E-state index in [2.05, 4.69) is 5.32 Å². The molecular weight excluding hydrogens is 204 g/mol. The zero-order chi connectivity index (χ0) is 11.5. The number of carbonyl (C=O) groups excluding carboxylic acids is 1. The van der Waals surface area contributed by atoms with E-state index >= 15 is 0 Å². The molecule has 0 radical (unpaired) electrons. The molecule has 0 saturated carbocycles. The Morgan fingerprint density at radius 1 is 1.56 bits per heavy atom. The topological polar surface area (TPSA) is 52.6 Å². The van der Waals surface area contributed by atoms with Crippen LogP contribution in [0.1, 0.15) is 5.56 Å². The first kappa shape index (κ1) is 11.1. The molecule has 0 spiro atoms. The van der Waals surface area contributed by atoms with Crippen molar-refractivity contribution >= 4 is 11.6 Å². The van der Waals surface area contributed by atoms with Crippen LogP contribution in [0.5, 0.6) is 0 Å². The molecule has 1 heterocycles. The number of hydrogen-bond acceptors (Lipinski definition) is 3. The summed E-state index contributed by atoms with van der Waals surface area (Å²) < 4.78 is 0. The van der Waals surface area contributed by atoms with Gasteiger partial charge in [0.15, 0.2) is 0 Å². The summed E-state index contributed by atoms with van der Waals surface area (Å²) in [7, 11) is 0. The molecule has 0 bridgehead atoms. The SMILES string of the molecule is Cc1cccc(N2CCNC(CO)C2=O)c1. The molecule has 1 aliphatic rings. The van der Waals surface area contributed by atoms with Crippen LogP contribution in [0.15, 0.2) is 24.3 Å². The third-order valence-corrected chi connectivity index (χ3v) is 2.79. The molecule has 2 rings (SSSR count). The van der Waals surface area contributed by atoms with Crippen LogP contribution in [-0.4, -0.2) is 36.8 Å². The summed E-state index contributed by atoms with van der Waals surface area (Å²) in [6.45, 7) is 3.21. The van der Waals surface area contributed by atoms with Gasteiger partial charge in [0.25, 0.3) is 0 Å². The lowest BCUT2D eigenvalue weighted by molar-refractivity contribution is -0.122. The third-order valence-electron chi connectivity index (χ3n) is 2.79. The Hall–Kier alpha value is -1.39. The Morgan fingerprint density at radius 2 is 2.38 bits per heavy atom. The molecule has 0 aromatic heterocycles. The number of piperazine rings is 1. The first-order valence-corrected chi connectivity index (χ1v) is 5.44. The second-order valence-electron chi connectivity index (χ2n) is 4.02. The average molecular weight is 220 g/mol. The summed E-state index contributed by atoms with van der Waals surface area (Å²) >= 11 is 0. The number of nitrogens with one attached hydrogen (secondary N) is 1. The minimum Gasteiger partial charge on any atom is -0.394 e. The van der Waals surface area contributed by atoms with Crippen molar-refractivity contribution in [1.29, 1.82) is 0 Å². The number of aryl methyl sites for hydroxylation is 1. The van der Waals surface area contributed by atoms with Crippen molar-refractivity contribution in [1.82, 2.24) is 5.32 Å². The van der Waals surface area contributed by atoms with Crippen molar-refractivity contribution in [2.75, 3.05) is 24.6 Å². The first-order chi connectivity index (χ1) is 7.72. The fourth-order valence-corrected chi connectivity index (χ4v) is 1.93. The van der Waals surface area contributed by atoms with E-state index in [-0.39, 0.29) is 12.5 Å². The first-order valence-electron chi connectivity index (χ1n) is 5.44. The minimum absolute atomic E-state index is 0.0562. The second kappa shape index (κ2) is 4.63. The van der Waals surface area contributed by atoms with E-state index in [1.165, 1.54) is 0 Å². The molecule has 4 nitrogen and oxygen atoms in total. The van der Waals surface area contributed by atoms with Crippen molar-refractivity contribution < 1.29 is 9.90 Å². The number of benzene rings is 1. The molecule has 86 valence electrons. The van der Waals surface area contributed by atoms with Crippen molar-refractivity contribution in [2.24, 2.45) is 0 Å². The molecule has 1 aromatic carbocycles. The maximum absolute atomic E-state index is 12.0. The van der Waals surface area contributed by atoms with E-state index in [9.17, 15) is 4.79 Å². The van der Waals surface area contributed by atoms with Gasteiger partial charge in [0.2, 0.25) is 5.91 Å². The van der Waals surface area contributed by atoms with E-state index in [0.717, 1.165) is 11.3 Å². The molecule has 1 fully saturated rings. The summed E-state index contributed by atoms with van der Waals surface area (Å²) in [5.74, 6) is -0.0562. The minimum atomic E-state index is -0.464. The Balaban J connectivity index is 2.23. The van der Waals surface area contributed by atoms with Crippen LogP contribution in [0.25, 0.3) is 0 Å². The highest BCUT2D eigenvalue weighted by Crippen LogP contribution is 2.18. The molecule has 1 aliphatic heterocycles. The van der Waals surface area contributed by atoms with Crippen molar-refractivity contribution in [3.63, 3.8) is 0 Å². The van der Waals surface area contributed by atoms with E-state index < -0.39 is 6.04 Å². The Labute approximate surface area is 94.9 Å². The summed E-state index contributed by atoms with van der Waals surface area (Å²) in [4.78, 5) is 13.7. The highest BCUT2D eigenvalue weighted by atomic mass is 16.3. The van der Waals surface area contributed by atoms with Gasteiger partial charge in [-0.1, -0.05) is 12.1 Å². The van der Waals surface area contributed by atoms with E-state index in [1.54, 1.807) is 4.90 Å². The smallest absolute Gasteiger partial charge is 0.246 e. The third kappa shape index (κ3) is 2.08. The van der Waals surface area contributed by atoms with Gasteiger partial charge in [-0.3, -0.25) is 4.79 Å². The Kier molecular flexibility index (Phi) is 3.22. The lowest BCUT2D eigenvalue weighted by Gasteiger charge is -2.32. The number of aliphatic hydroxyl groups is 1. The van der Waals surface area contributed by atoms with Gasteiger partial charge >= 0.3 is 0 Å². The predicted octanol–water partition coefficient (Wildman–Crippen LogP) is 0.292. The van der Waals surface area contributed by atoms with Crippen LogP contribution in [0.2, 0.25) is 0 Å². The van der Waals surface area contributed by atoms with Crippen LogP contribution < -0.4 is 10.2 Å². The van der Waals surface area contributed by atoms with Crippen LogP contribution in [0.3, 0.4) is 0 Å². The summed E-state index contributed by atoms with van der Waals surface area (Å²) in [6.07, 6.45) is 0. The summed E-state index contributed by atoms with van der Waals surface area (Å²) in [5, 5.41) is 12.1. The summed E-state index contributed by atoms with van der Waals surface area (Å²) in [6, 6.07) is 7.38. The van der Waals surface area contributed by atoms with Crippen LogP contribution >= 0.6 is 0 Å². The number of rotatable bonds is 2. The standard InChI is InChI=1S/C12H16N2O2/c1-9-3-2-4-10(7-9)14-6-5-13-11(8-15)12(14)16/h2-4,7,11,13,15H,5-6,8H2,1H3. The maximum Gasteiger partial charge on any atom is 0.246 e. The van der Waals surface area contributed by atoms with Crippen LogP contribution in [0.4, 0.5) is 5.69 Å². The largest absolute Gasteiger partial charge is 0.394 e. The van der Waals surface area contributed by atoms with E-state index in [1.807, 2.05) is 31.2 Å². The van der Waals surface area contributed by atoms with E-state index in [0.29, 0.717) is 13.1 Å². The van der Waals surface area contributed by atoms with E-state index in [4.69, 9.17) is 5.11 Å².